The summed E-state index contributed by atoms with van der Waals surface area (Å²) in [4.78, 5) is 11.8. The Balaban J connectivity index is 2.33. The lowest BCUT2D eigenvalue weighted by atomic mass is 9.68. The van der Waals surface area contributed by atoms with Crippen LogP contribution >= 0.6 is 11.8 Å². The van der Waals surface area contributed by atoms with Crippen LogP contribution in [-0.4, -0.2) is 22.6 Å². The summed E-state index contributed by atoms with van der Waals surface area (Å²) in [5.74, 6) is 1.33. The van der Waals surface area contributed by atoms with E-state index in [1.54, 1.807) is 0 Å². The number of benzene rings is 1. The number of thioether (sulfide) groups is 1. The maximum absolute atomic E-state index is 11.8. The Bertz CT molecular complexity index is 430. The summed E-state index contributed by atoms with van der Waals surface area (Å²) in [5, 5.41) is 9.73. The number of fused-ring (bicyclic) bond motifs is 1. The fraction of sp³-hybridized carbons (Fsp3) is 0.533. The minimum Gasteiger partial charge on any atom is -0.481 e. The molecular formula is C15H20O2S. The van der Waals surface area contributed by atoms with E-state index in [0.717, 1.165) is 42.8 Å². The molecule has 1 unspecified atom stereocenters. The van der Waals surface area contributed by atoms with Crippen LogP contribution in [0.2, 0.25) is 0 Å². The van der Waals surface area contributed by atoms with Gasteiger partial charge in [0.2, 0.25) is 0 Å². The molecule has 2 rings (SSSR count). The van der Waals surface area contributed by atoms with Gasteiger partial charge in [0.1, 0.15) is 0 Å². The minimum absolute atomic E-state index is 0.642. The Morgan fingerprint density at radius 1 is 1.44 bits per heavy atom. The molecule has 0 aliphatic heterocycles. The lowest BCUT2D eigenvalue weighted by Gasteiger charge is -2.35. The molecule has 98 valence electrons. The number of carbonyl (C=O) groups is 1. The van der Waals surface area contributed by atoms with Gasteiger partial charge in [-0.15, -0.1) is 0 Å². The van der Waals surface area contributed by atoms with Crippen molar-refractivity contribution in [1.82, 2.24) is 0 Å². The van der Waals surface area contributed by atoms with Crippen LogP contribution in [-0.2, 0) is 16.6 Å². The van der Waals surface area contributed by atoms with Crippen molar-refractivity contribution >= 4 is 17.7 Å². The molecule has 1 aliphatic rings. The molecular weight excluding hydrogens is 244 g/mol. The lowest BCUT2D eigenvalue weighted by molar-refractivity contribution is -0.144. The van der Waals surface area contributed by atoms with Gasteiger partial charge in [0.15, 0.2) is 0 Å². The molecule has 0 bridgehead atoms. The highest BCUT2D eigenvalue weighted by Gasteiger charge is 2.42. The van der Waals surface area contributed by atoms with Crippen molar-refractivity contribution in [1.29, 1.82) is 0 Å². The first-order valence-electron chi connectivity index (χ1n) is 6.60. The highest BCUT2D eigenvalue weighted by atomic mass is 32.2. The molecule has 0 heterocycles. The van der Waals surface area contributed by atoms with Crippen LogP contribution in [0.15, 0.2) is 24.3 Å². The maximum atomic E-state index is 11.8. The van der Waals surface area contributed by atoms with E-state index < -0.39 is 11.4 Å². The predicted octanol–water partition coefficient (Wildman–Crippen LogP) is 3.49. The molecule has 0 aromatic heterocycles. The summed E-state index contributed by atoms with van der Waals surface area (Å²) in [6.45, 7) is 2.12. The molecule has 1 atom stereocenters. The number of aryl methyl sites for hydroxylation is 1. The number of aliphatic carboxylic acids is 1. The molecule has 3 heteroatoms. The zero-order valence-electron chi connectivity index (χ0n) is 10.8. The minimum atomic E-state index is -0.647. The molecule has 18 heavy (non-hydrogen) atoms. The molecule has 1 aromatic rings. The first kappa shape index (κ1) is 13.5. The van der Waals surface area contributed by atoms with E-state index in [1.807, 2.05) is 30.0 Å². The van der Waals surface area contributed by atoms with E-state index in [4.69, 9.17) is 0 Å². The Morgan fingerprint density at radius 3 is 2.94 bits per heavy atom. The summed E-state index contributed by atoms with van der Waals surface area (Å²) in [6.07, 6.45) is 3.54. The molecule has 0 fully saturated rings. The van der Waals surface area contributed by atoms with E-state index in [1.165, 1.54) is 5.56 Å². The van der Waals surface area contributed by atoms with Gasteiger partial charge in [-0.2, -0.15) is 11.8 Å². The number of carboxylic acids is 1. The zero-order chi connectivity index (χ0) is 13.0. The quantitative estimate of drug-likeness (QED) is 0.827. The van der Waals surface area contributed by atoms with E-state index in [9.17, 15) is 9.90 Å². The standard InChI is InChI=1S/C15H20O2S/c1-2-18-11-10-15(14(16)17)9-5-7-12-6-3-4-8-13(12)15/h3-4,6,8H,2,5,7,9-11H2,1H3,(H,16,17). The Morgan fingerprint density at radius 2 is 2.22 bits per heavy atom. The number of rotatable bonds is 5. The molecule has 0 saturated heterocycles. The average molecular weight is 264 g/mol. The molecule has 1 aliphatic carbocycles. The second-order valence-electron chi connectivity index (χ2n) is 4.84. The average Bonchev–Trinajstić information content (AvgIpc) is 2.39. The largest absolute Gasteiger partial charge is 0.481 e. The van der Waals surface area contributed by atoms with Gasteiger partial charge in [-0.3, -0.25) is 4.79 Å². The molecule has 1 aromatic carbocycles. The summed E-state index contributed by atoms with van der Waals surface area (Å²) < 4.78 is 0. The fourth-order valence-corrected chi connectivity index (χ4v) is 3.68. The number of hydrogen-bond acceptors (Lipinski definition) is 2. The normalized spacial score (nSPS) is 22.5. The fourth-order valence-electron chi connectivity index (χ4n) is 2.90. The molecule has 0 radical (unpaired) electrons. The highest BCUT2D eigenvalue weighted by molar-refractivity contribution is 7.99. The third-order valence-corrected chi connectivity index (χ3v) is 4.77. The van der Waals surface area contributed by atoms with Crippen molar-refractivity contribution in [2.45, 2.75) is 38.0 Å². The lowest BCUT2D eigenvalue weighted by Crippen LogP contribution is -2.39. The second kappa shape index (κ2) is 5.79. The van der Waals surface area contributed by atoms with Crippen molar-refractivity contribution in [2.75, 3.05) is 11.5 Å². The predicted molar refractivity (Wildman–Crippen MR) is 76.3 cm³/mol. The highest BCUT2D eigenvalue weighted by Crippen LogP contribution is 2.41. The Kier molecular flexibility index (Phi) is 4.33. The van der Waals surface area contributed by atoms with Crippen LogP contribution in [0, 0.1) is 0 Å². The van der Waals surface area contributed by atoms with Crippen molar-refractivity contribution in [3.8, 4) is 0 Å². The van der Waals surface area contributed by atoms with Gasteiger partial charge >= 0.3 is 5.97 Å². The van der Waals surface area contributed by atoms with Crippen LogP contribution in [0.25, 0.3) is 0 Å². The monoisotopic (exact) mass is 264 g/mol. The smallest absolute Gasteiger partial charge is 0.314 e. The van der Waals surface area contributed by atoms with E-state index in [0.29, 0.717) is 0 Å². The summed E-state index contributed by atoms with van der Waals surface area (Å²) in [6, 6.07) is 8.07. The summed E-state index contributed by atoms with van der Waals surface area (Å²) in [5.41, 5.74) is 1.64. The number of hydrogen-bond donors (Lipinski definition) is 1. The van der Waals surface area contributed by atoms with E-state index >= 15 is 0 Å². The summed E-state index contributed by atoms with van der Waals surface area (Å²) >= 11 is 1.83. The third-order valence-electron chi connectivity index (χ3n) is 3.87. The first-order chi connectivity index (χ1) is 8.70. The van der Waals surface area contributed by atoms with Gasteiger partial charge in [0.25, 0.3) is 0 Å². The van der Waals surface area contributed by atoms with Crippen molar-refractivity contribution in [2.24, 2.45) is 0 Å². The summed E-state index contributed by atoms with van der Waals surface area (Å²) in [7, 11) is 0. The van der Waals surface area contributed by atoms with Gasteiger partial charge in [-0.05, 0) is 48.3 Å². The molecule has 2 nitrogen and oxygen atoms in total. The van der Waals surface area contributed by atoms with Crippen LogP contribution in [0.1, 0.15) is 37.3 Å². The van der Waals surface area contributed by atoms with Gasteiger partial charge in [-0.1, -0.05) is 31.2 Å². The third kappa shape index (κ3) is 2.41. The van der Waals surface area contributed by atoms with Crippen molar-refractivity contribution in [3.05, 3.63) is 35.4 Å². The Labute approximate surface area is 113 Å². The van der Waals surface area contributed by atoms with Gasteiger partial charge < -0.3 is 5.11 Å². The van der Waals surface area contributed by atoms with Crippen molar-refractivity contribution in [3.63, 3.8) is 0 Å². The topological polar surface area (TPSA) is 37.3 Å². The van der Waals surface area contributed by atoms with Gasteiger partial charge in [-0.25, -0.2) is 0 Å². The van der Waals surface area contributed by atoms with Crippen LogP contribution in [0.4, 0.5) is 0 Å². The molecule has 0 amide bonds. The van der Waals surface area contributed by atoms with Crippen molar-refractivity contribution < 1.29 is 9.90 Å². The second-order valence-corrected chi connectivity index (χ2v) is 6.24. The first-order valence-corrected chi connectivity index (χ1v) is 7.75. The van der Waals surface area contributed by atoms with E-state index in [-0.39, 0.29) is 0 Å². The van der Waals surface area contributed by atoms with E-state index in [2.05, 4.69) is 13.0 Å². The van der Waals surface area contributed by atoms with Crippen LogP contribution in [0.5, 0.6) is 0 Å². The van der Waals surface area contributed by atoms with Gasteiger partial charge in [0.05, 0.1) is 5.41 Å². The van der Waals surface area contributed by atoms with Crippen LogP contribution in [0.3, 0.4) is 0 Å². The molecule has 1 N–H and O–H groups in total. The van der Waals surface area contributed by atoms with Crippen LogP contribution < -0.4 is 0 Å². The Hall–Kier alpha value is -0.960. The SMILES string of the molecule is CCSCCC1(C(=O)O)CCCc2ccccc21. The van der Waals surface area contributed by atoms with Gasteiger partial charge in [0, 0.05) is 0 Å². The zero-order valence-corrected chi connectivity index (χ0v) is 11.6. The molecule has 0 saturated carbocycles. The maximum Gasteiger partial charge on any atom is 0.314 e. The number of carboxylic acid groups (broad SMARTS) is 1. The molecule has 0 spiro atoms.